The highest BCUT2D eigenvalue weighted by atomic mass is 16.3. The molecular formula is C16H32N2O. The lowest BCUT2D eigenvalue weighted by molar-refractivity contribution is 0.0654. The molecule has 0 bridgehead atoms. The van der Waals surface area contributed by atoms with Gasteiger partial charge in [0.2, 0.25) is 0 Å². The first-order valence-electron chi connectivity index (χ1n) is 8.10. The molecule has 2 unspecified atom stereocenters. The van der Waals surface area contributed by atoms with Crippen molar-refractivity contribution in [1.29, 1.82) is 0 Å². The van der Waals surface area contributed by atoms with E-state index in [-0.39, 0.29) is 5.54 Å². The van der Waals surface area contributed by atoms with Gasteiger partial charge in [0.15, 0.2) is 0 Å². The van der Waals surface area contributed by atoms with E-state index in [0.717, 1.165) is 25.8 Å². The summed E-state index contributed by atoms with van der Waals surface area (Å²) in [6, 6.07) is 0.673. The second kappa shape index (κ2) is 6.11. The summed E-state index contributed by atoms with van der Waals surface area (Å²) in [5.41, 5.74) is 0.474. The molecule has 2 N–H and O–H groups in total. The van der Waals surface area contributed by atoms with E-state index in [1.165, 1.54) is 32.4 Å². The van der Waals surface area contributed by atoms with Gasteiger partial charge in [-0.25, -0.2) is 0 Å². The average molecular weight is 268 g/mol. The molecule has 0 aromatic rings. The van der Waals surface area contributed by atoms with E-state index in [1.807, 2.05) is 0 Å². The van der Waals surface area contributed by atoms with Gasteiger partial charge >= 0.3 is 0 Å². The van der Waals surface area contributed by atoms with Crippen LogP contribution in [0.15, 0.2) is 0 Å². The van der Waals surface area contributed by atoms with Crippen molar-refractivity contribution in [2.24, 2.45) is 5.41 Å². The van der Waals surface area contributed by atoms with Crippen LogP contribution in [0, 0.1) is 5.41 Å². The number of hydrogen-bond acceptors (Lipinski definition) is 3. The zero-order valence-corrected chi connectivity index (χ0v) is 13.0. The number of nitrogens with zero attached hydrogens (tertiary/aromatic N) is 1. The molecule has 2 aliphatic rings. The van der Waals surface area contributed by atoms with Crippen molar-refractivity contribution in [3.63, 3.8) is 0 Å². The third-order valence-corrected chi connectivity index (χ3v) is 5.10. The molecule has 0 spiro atoms. The summed E-state index contributed by atoms with van der Waals surface area (Å²) < 4.78 is 0. The molecule has 2 atom stereocenters. The minimum atomic E-state index is -0.00827. The molecule has 1 aliphatic heterocycles. The topological polar surface area (TPSA) is 35.5 Å². The molecule has 2 rings (SSSR count). The molecule has 0 radical (unpaired) electrons. The Morgan fingerprint density at radius 3 is 2.68 bits per heavy atom. The van der Waals surface area contributed by atoms with E-state index in [4.69, 9.17) is 0 Å². The predicted octanol–water partition coefficient (Wildman–Crippen LogP) is 2.39. The van der Waals surface area contributed by atoms with Gasteiger partial charge in [-0.05, 0) is 57.0 Å². The summed E-state index contributed by atoms with van der Waals surface area (Å²) in [6.45, 7) is 10.7. The number of nitrogens with one attached hydrogen (secondary N) is 1. The van der Waals surface area contributed by atoms with Gasteiger partial charge in [-0.15, -0.1) is 0 Å². The van der Waals surface area contributed by atoms with E-state index < -0.39 is 0 Å². The molecule has 1 saturated heterocycles. The molecule has 1 aliphatic carbocycles. The van der Waals surface area contributed by atoms with E-state index in [2.05, 4.69) is 31.0 Å². The predicted molar refractivity (Wildman–Crippen MR) is 80.3 cm³/mol. The molecule has 0 aromatic heterocycles. The first-order valence-corrected chi connectivity index (χ1v) is 8.10. The highest BCUT2D eigenvalue weighted by molar-refractivity contribution is 4.98. The maximum absolute atomic E-state index is 9.85. The quantitative estimate of drug-likeness (QED) is 0.803. The van der Waals surface area contributed by atoms with Crippen LogP contribution in [0.1, 0.15) is 59.3 Å². The molecule has 2 fully saturated rings. The summed E-state index contributed by atoms with van der Waals surface area (Å²) in [5, 5.41) is 13.5. The van der Waals surface area contributed by atoms with Crippen LogP contribution < -0.4 is 5.32 Å². The minimum Gasteiger partial charge on any atom is -0.394 e. The minimum absolute atomic E-state index is 0.00827. The van der Waals surface area contributed by atoms with Crippen LogP contribution in [-0.4, -0.2) is 47.8 Å². The Hall–Kier alpha value is -0.120. The fraction of sp³-hybridized carbons (Fsp3) is 1.00. The van der Waals surface area contributed by atoms with Crippen molar-refractivity contribution in [2.45, 2.75) is 70.9 Å². The van der Waals surface area contributed by atoms with Gasteiger partial charge in [0.1, 0.15) is 0 Å². The number of likely N-dealkylation sites (tertiary alicyclic amines) is 1. The summed E-state index contributed by atoms with van der Waals surface area (Å²) in [4.78, 5) is 2.68. The van der Waals surface area contributed by atoms with Crippen molar-refractivity contribution in [3.8, 4) is 0 Å². The zero-order chi connectivity index (χ0) is 13.9. The van der Waals surface area contributed by atoms with Gasteiger partial charge in [-0.2, -0.15) is 0 Å². The Kier molecular flexibility index (Phi) is 4.91. The zero-order valence-electron chi connectivity index (χ0n) is 13.0. The van der Waals surface area contributed by atoms with E-state index in [1.54, 1.807) is 0 Å². The lowest BCUT2D eigenvalue weighted by atomic mass is 9.78. The fourth-order valence-corrected chi connectivity index (χ4v) is 3.86. The van der Waals surface area contributed by atoms with Crippen LogP contribution in [0.4, 0.5) is 0 Å². The molecule has 0 aromatic carbocycles. The third kappa shape index (κ3) is 3.71. The fourth-order valence-electron chi connectivity index (χ4n) is 3.86. The van der Waals surface area contributed by atoms with Gasteiger partial charge in [0.05, 0.1) is 6.61 Å². The summed E-state index contributed by atoms with van der Waals surface area (Å²) in [7, 11) is 0. The molecule has 112 valence electrons. The Bertz CT molecular complexity index is 292. The van der Waals surface area contributed by atoms with Crippen molar-refractivity contribution < 1.29 is 5.11 Å². The Morgan fingerprint density at radius 2 is 2.11 bits per heavy atom. The van der Waals surface area contributed by atoms with Crippen LogP contribution in [0.25, 0.3) is 0 Å². The summed E-state index contributed by atoms with van der Waals surface area (Å²) in [5.74, 6) is 0. The van der Waals surface area contributed by atoms with E-state index in [9.17, 15) is 5.11 Å². The maximum atomic E-state index is 9.85. The van der Waals surface area contributed by atoms with Crippen LogP contribution in [0.3, 0.4) is 0 Å². The smallest absolute Gasteiger partial charge is 0.0613 e. The Morgan fingerprint density at radius 1 is 1.32 bits per heavy atom. The summed E-state index contributed by atoms with van der Waals surface area (Å²) >= 11 is 0. The van der Waals surface area contributed by atoms with Crippen molar-refractivity contribution in [1.82, 2.24) is 10.2 Å². The average Bonchev–Trinajstić information content (AvgIpc) is 2.77. The Balaban J connectivity index is 1.96. The monoisotopic (exact) mass is 268 g/mol. The summed E-state index contributed by atoms with van der Waals surface area (Å²) in [6.07, 6.45) is 7.28. The molecule has 1 saturated carbocycles. The molecule has 1 heterocycles. The Labute approximate surface area is 118 Å². The molecule has 19 heavy (non-hydrogen) atoms. The molecule has 0 amide bonds. The number of aliphatic hydroxyl groups is 1. The highest BCUT2D eigenvalue weighted by Crippen LogP contribution is 2.37. The van der Waals surface area contributed by atoms with E-state index >= 15 is 0 Å². The molecule has 3 heteroatoms. The first kappa shape index (κ1) is 15.3. The van der Waals surface area contributed by atoms with Gasteiger partial charge in [0.25, 0.3) is 0 Å². The van der Waals surface area contributed by atoms with Crippen LogP contribution in [-0.2, 0) is 0 Å². The second-order valence-electron chi connectivity index (χ2n) is 7.50. The maximum Gasteiger partial charge on any atom is 0.0613 e. The lowest BCUT2D eigenvalue weighted by Gasteiger charge is -2.44. The van der Waals surface area contributed by atoms with Gasteiger partial charge in [-0.1, -0.05) is 20.8 Å². The van der Waals surface area contributed by atoms with Crippen LogP contribution in [0.5, 0.6) is 0 Å². The largest absolute Gasteiger partial charge is 0.394 e. The van der Waals surface area contributed by atoms with Gasteiger partial charge in [0, 0.05) is 18.1 Å². The molecular weight excluding hydrogens is 236 g/mol. The normalized spacial score (nSPS) is 35.7. The number of aliphatic hydroxyl groups excluding tert-OH is 1. The van der Waals surface area contributed by atoms with Gasteiger partial charge in [-0.3, -0.25) is 4.90 Å². The SMILES string of the molecule is CCCNC1(CO)CCCC(N2CCC(C)(C)C2)C1. The van der Waals surface area contributed by atoms with Crippen LogP contribution in [0.2, 0.25) is 0 Å². The van der Waals surface area contributed by atoms with Crippen molar-refractivity contribution >= 4 is 0 Å². The third-order valence-electron chi connectivity index (χ3n) is 5.10. The van der Waals surface area contributed by atoms with Crippen molar-refractivity contribution in [2.75, 3.05) is 26.2 Å². The second-order valence-corrected chi connectivity index (χ2v) is 7.50. The highest BCUT2D eigenvalue weighted by Gasteiger charge is 2.40. The lowest BCUT2D eigenvalue weighted by Crippen LogP contribution is -2.55. The van der Waals surface area contributed by atoms with Gasteiger partial charge < -0.3 is 10.4 Å². The van der Waals surface area contributed by atoms with Crippen LogP contribution >= 0.6 is 0 Å². The number of rotatable bonds is 5. The number of hydrogen-bond donors (Lipinski definition) is 2. The van der Waals surface area contributed by atoms with Crippen molar-refractivity contribution in [3.05, 3.63) is 0 Å². The first-order chi connectivity index (χ1) is 9.00. The standard InChI is InChI=1S/C16H32N2O/c1-4-9-17-16(13-19)7-5-6-14(11-16)18-10-8-15(2,3)12-18/h14,17,19H,4-13H2,1-3H3. The van der Waals surface area contributed by atoms with E-state index in [0.29, 0.717) is 18.1 Å². The molecule has 3 nitrogen and oxygen atoms in total.